The van der Waals surface area contributed by atoms with Crippen molar-refractivity contribution in [1.29, 1.82) is 0 Å². The van der Waals surface area contributed by atoms with E-state index in [1.165, 1.54) is 4.80 Å². The summed E-state index contributed by atoms with van der Waals surface area (Å²) in [4.78, 5) is 24.6. The molecule has 0 aliphatic carbocycles. The van der Waals surface area contributed by atoms with Crippen LogP contribution in [0.5, 0.6) is 0 Å². The molecular weight excluding hydrogens is 284 g/mol. The highest BCUT2D eigenvalue weighted by molar-refractivity contribution is 5.90. The maximum Gasteiger partial charge on any atom is 0.361 e. The molecular formula is C15H14N4O3. The molecule has 2 rings (SSSR count). The number of carbonyl (C=O) groups is 2. The van der Waals surface area contributed by atoms with Crippen molar-refractivity contribution in [3.05, 3.63) is 41.7 Å². The summed E-state index contributed by atoms with van der Waals surface area (Å²) in [6.07, 6.45) is 5.01. The van der Waals surface area contributed by atoms with E-state index in [1.54, 1.807) is 6.92 Å². The van der Waals surface area contributed by atoms with Crippen LogP contribution >= 0.6 is 0 Å². The molecule has 0 aliphatic rings. The second kappa shape index (κ2) is 7.04. The third-order valence-electron chi connectivity index (χ3n) is 2.68. The number of aromatic nitrogens is 3. The molecule has 0 atom stereocenters. The monoisotopic (exact) mass is 298 g/mol. The molecule has 1 N–H and O–H groups in total. The first-order valence-electron chi connectivity index (χ1n) is 6.48. The molecule has 1 aromatic heterocycles. The van der Waals surface area contributed by atoms with Crippen LogP contribution in [0.4, 0.5) is 0 Å². The molecule has 1 amide bonds. The Morgan fingerprint density at radius 3 is 2.73 bits per heavy atom. The van der Waals surface area contributed by atoms with Gasteiger partial charge in [0.05, 0.1) is 17.9 Å². The zero-order valence-corrected chi connectivity index (χ0v) is 11.9. The smallest absolute Gasteiger partial charge is 0.361 e. The van der Waals surface area contributed by atoms with Crippen molar-refractivity contribution < 1.29 is 14.3 Å². The van der Waals surface area contributed by atoms with Gasteiger partial charge >= 0.3 is 5.97 Å². The van der Waals surface area contributed by atoms with Crippen molar-refractivity contribution in [3.63, 3.8) is 0 Å². The van der Waals surface area contributed by atoms with Gasteiger partial charge in [-0.25, -0.2) is 4.79 Å². The van der Waals surface area contributed by atoms with E-state index in [4.69, 9.17) is 11.2 Å². The molecule has 0 unspecified atom stereocenters. The van der Waals surface area contributed by atoms with Gasteiger partial charge in [-0.05, 0) is 19.1 Å². The van der Waals surface area contributed by atoms with Gasteiger partial charge in [-0.1, -0.05) is 24.1 Å². The van der Waals surface area contributed by atoms with Crippen LogP contribution in [0.2, 0.25) is 0 Å². The number of hydrogen-bond donors (Lipinski definition) is 1. The molecule has 0 bridgehead atoms. The Labute approximate surface area is 127 Å². The van der Waals surface area contributed by atoms with Crippen molar-refractivity contribution in [2.75, 3.05) is 13.2 Å². The Bertz CT molecular complexity index is 716. The summed E-state index contributed by atoms with van der Waals surface area (Å²) in [7, 11) is 0. The molecule has 22 heavy (non-hydrogen) atoms. The number of amides is 1. The van der Waals surface area contributed by atoms with E-state index in [1.807, 2.05) is 30.3 Å². The molecule has 0 radical (unpaired) electrons. The number of carbonyl (C=O) groups excluding carboxylic acids is 2. The maximum atomic E-state index is 11.9. The number of para-hydroxylation sites is 1. The normalized spacial score (nSPS) is 9.82. The number of hydrogen-bond acceptors (Lipinski definition) is 5. The van der Waals surface area contributed by atoms with E-state index >= 15 is 0 Å². The lowest BCUT2D eigenvalue weighted by Crippen LogP contribution is -2.29. The Morgan fingerprint density at radius 2 is 2.05 bits per heavy atom. The van der Waals surface area contributed by atoms with Crippen molar-refractivity contribution in [2.24, 2.45) is 0 Å². The number of rotatable bonds is 5. The van der Waals surface area contributed by atoms with Gasteiger partial charge in [-0.2, -0.15) is 9.90 Å². The zero-order valence-electron chi connectivity index (χ0n) is 11.9. The Morgan fingerprint density at radius 1 is 1.32 bits per heavy atom. The quantitative estimate of drug-likeness (QED) is 0.641. The summed E-state index contributed by atoms with van der Waals surface area (Å²) < 4.78 is 4.88. The van der Waals surface area contributed by atoms with Crippen LogP contribution in [0.15, 0.2) is 30.3 Å². The molecule has 2 aromatic rings. The zero-order chi connectivity index (χ0) is 15.9. The fraction of sp³-hybridized carbons (Fsp3) is 0.200. The Hall–Kier alpha value is -3.14. The van der Waals surface area contributed by atoms with Gasteiger partial charge in [0, 0.05) is 0 Å². The molecule has 1 aromatic carbocycles. The summed E-state index contributed by atoms with van der Waals surface area (Å²) in [5.41, 5.74) is 1.20. The molecule has 1 heterocycles. The first kappa shape index (κ1) is 15.3. The number of nitrogens with zero attached hydrogens (tertiary/aromatic N) is 3. The molecule has 112 valence electrons. The minimum Gasteiger partial charge on any atom is -0.451 e. The van der Waals surface area contributed by atoms with E-state index < -0.39 is 18.5 Å². The second-order valence-electron chi connectivity index (χ2n) is 4.32. The van der Waals surface area contributed by atoms with E-state index in [0.717, 1.165) is 5.69 Å². The second-order valence-corrected chi connectivity index (χ2v) is 4.32. The highest BCUT2D eigenvalue weighted by Crippen LogP contribution is 2.09. The molecule has 7 nitrogen and oxygen atoms in total. The van der Waals surface area contributed by atoms with E-state index in [9.17, 15) is 9.59 Å². The van der Waals surface area contributed by atoms with Crippen LogP contribution in [0.3, 0.4) is 0 Å². The van der Waals surface area contributed by atoms with Crippen LogP contribution in [0.25, 0.3) is 5.69 Å². The molecule has 0 saturated heterocycles. The highest BCUT2D eigenvalue weighted by Gasteiger charge is 2.18. The van der Waals surface area contributed by atoms with Crippen LogP contribution in [0.1, 0.15) is 16.2 Å². The molecule has 0 fully saturated rings. The molecule has 0 aliphatic heterocycles. The molecule has 0 saturated carbocycles. The first-order chi connectivity index (χ1) is 10.6. The number of ether oxygens (including phenoxy) is 1. The SMILES string of the molecule is C#CCNC(=O)COC(=O)c1nn(-c2ccccc2)nc1C. The van der Waals surface area contributed by atoms with Crippen LogP contribution in [-0.4, -0.2) is 40.0 Å². The minimum absolute atomic E-state index is 0.0635. The van der Waals surface area contributed by atoms with E-state index in [2.05, 4.69) is 21.4 Å². The fourth-order valence-corrected chi connectivity index (χ4v) is 1.64. The maximum absolute atomic E-state index is 11.9. The number of nitrogens with one attached hydrogen (secondary N) is 1. The standard InChI is InChI=1S/C15H14N4O3/c1-3-9-16-13(20)10-22-15(21)14-11(2)17-19(18-14)12-7-5-4-6-8-12/h1,4-8H,9-10H2,2H3,(H,16,20). The number of benzene rings is 1. The number of terminal acetylenes is 1. The third kappa shape index (κ3) is 3.70. The topological polar surface area (TPSA) is 86.1 Å². The first-order valence-corrected chi connectivity index (χ1v) is 6.48. The summed E-state index contributed by atoms with van der Waals surface area (Å²) in [6, 6.07) is 9.15. The predicted molar refractivity (Wildman–Crippen MR) is 78.2 cm³/mol. The van der Waals surface area contributed by atoms with Gasteiger partial charge in [-0.15, -0.1) is 11.5 Å². The van der Waals surface area contributed by atoms with Gasteiger partial charge in [0.2, 0.25) is 0 Å². The Balaban J connectivity index is 2.04. The summed E-state index contributed by atoms with van der Waals surface area (Å²) in [6.45, 7) is 1.30. The number of esters is 1. The molecule has 7 heteroatoms. The van der Waals surface area contributed by atoms with Gasteiger partial charge in [0.1, 0.15) is 0 Å². The fourth-order valence-electron chi connectivity index (χ4n) is 1.64. The lowest BCUT2D eigenvalue weighted by Gasteiger charge is -2.02. The van der Waals surface area contributed by atoms with Crippen LogP contribution in [0, 0.1) is 19.3 Å². The van der Waals surface area contributed by atoms with Gasteiger partial charge in [0.15, 0.2) is 12.3 Å². The predicted octanol–water partition coefficient (Wildman–Crippen LogP) is 0.482. The average molecular weight is 298 g/mol. The van der Waals surface area contributed by atoms with Crippen LogP contribution in [-0.2, 0) is 9.53 Å². The lowest BCUT2D eigenvalue weighted by molar-refractivity contribution is -0.123. The summed E-state index contributed by atoms with van der Waals surface area (Å²) in [5, 5.41) is 10.6. The van der Waals surface area contributed by atoms with Gasteiger partial charge < -0.3 is 10.1 Å². The van der Waals surface area contributed by atoms with Crippen molar-refractivity contribution in [2.45, 2.75) is 6.92 Å². The van der Waals surface area contributed by atoms with Crippen molar-refractivity contribution >= 4 is 11.9 Å². The minimum atomic E-state index is -0.712. The van der Waals surface area contributed by atoms with Gasteiger partial charge in [0.25, 0.3) is 5.91 Å². The van der Waals surface area contributed by atoms with Crippen molar-refractivity contribution in [1.82, 2.24) is 20.3 Å². The molecule has 0 spiro atoms. The van der Waals surface area contributed by atoms with E-state index in [-0.39, 0.29) is 12.2 Å². The van der Waals surface area contributed by atoms with Crippen LogP contribution < -0.4 is 5.32 Å². The average Bonchev–Trinajstić information content (AvgIpc) is 2.93. The Kier molecular flexibility index (Phi) is 4.88. The van der Waals surface area contributed by atoms with Crippen molar-refractivity contribution in [3.8, 4) is 18.0 Å². The number of aryl methyl sites for hydroxylation is 1. The highest BCUT2D eigenvalue weighted by atomic mass is 16.5. The summed E-state index contributed by atoms with van der Waals surface area (Å²) >= 11 is 0. The largest absolute Gasteiger partial charge is 0.451 e. The van der Waals surface area contributed by atoms with Gasteiger partial charge in [-0.3, -0.25) is 4.79 Å². The summed E-state index contributed by atoms with van der Waals surface area (Å²) in [5.74, 6) is 1.07. The van der Waals surface area contributed by atoms with E-state index in [0.29, 0.717) is 5.69 Å². The lowest BCUT2D eigenvalue weighted by atomic mass is 10.3. The third-order valence-corrected chi connectivity index (χ3v) is 2.68.